The lowest BCUT2D eigenvalue weighted by atomic mass is 10.2. The van der Waals surface area contributed by atoms with Gasteiger partial charge in [0.25, 0.3) is 5.91 Å². The SMILES string of the molecule is COc1ccc(Cl)cc1NC(=O)C/C(C)=N\NC(=O)COc1ccc(Br)cc1Br. The molecule has 2 amide bonds. The fourth-order valence-corrected chi connectivity index (χ4v) is 3.50. The molecule has 2 N–H and O–H groups in total. The third-order valence-corrected chi connectivity index (χ3v) is 4.82. The standard InChI is InChI=1S/C19H18Br2ClN3O4/c1-11(7-18(26)23-15-9-13(22)4-6-17(15)28-2)24-25-19(27)10-29-16-5-3-12(20)8-14(16)21/h3-6,8-9H,7,10H2,1-2H3,(H,23,26)(H,25,27)/b24-11-. The molecular weight excluding hydrogens is 529 g/mol. The molecule has 2 aromatic rings. The Morgan fingerprint density at radius 1 is 1.10 bits per heavy atom. The molecule has 7 nitrogen and oxygen atoms in total. The molecule has 29 heavy (non-hydrogen) atoms. The van der Waals surface area contributed by atoms with E-state index >= 15 is 0 Å². The Hall–Kier alpha value is -2.10. The van der Waals surface area contributed by atoms with E-state index in [4.69, 9.17) is 21.1 Å². The van der Waals surface area contributed by atoms with Crippen molar-refractivity contribution in [1.29, 1.82) is 0 Å². The van der Waals surface area contributed by atoms with Gasteiger partial charge in [-0.05, 0) is 59.3 Å². The van der Waals surface area contributed by atoms with Crippen molar-refractivity contribution >= 4 is 66.7 Å². The predicted octanol–water partition coefficient (Wildman–Crippen LogP) is 4.77. The molecule has 2 rings (SSSR count). The van der Waals surface area contributed by atoms with E-state index in [0.29, 0.717) is 32.4 Å². The summed E-state index contributed by atoms with van der Waals surface area (Å²) >= 11 is 12.6. The van der Waals surface area contributed by atoms with Crippen LogP contribution >= 0.6 is 43.5 Å². The van der Waals surface area contributed by atoms with Gasteiger partial charge < -0.3 is 14.8 Å². The van der Waals surface area contributed by atoms with Crippen LogP contribution in [0.2, 0.25) is 5.02 Å². The van der Waals surface area contributed by atoms with Gasteiger partial charge in [-0.3, -0.25) is 9.59 Å². The molecule has 0 saturated carbocycles. The summed E-state index contributed by atoms with van der Waals surface area (Å²) in [5, 5.41) is 7.09. The van der Waals surface area contributed by atoms with E-state index in [0.717, 1.165) is 4.47 Å². The lowest BCUT2D eigenvalue weighted by molar-refractivity contribution is -0.123. The number of hydrogen-bond donors (Lipinski definition) is 2. The summed E-state index contributed by atoms with van der Waals surface area (Å²) in [6, 6.07) is 10.2. The molecule has 0 heterocycles. The van der Waals surface area contributed by atoms with Crippen LogP contribution in [0.15, 0.2) is 50.4 Å². The van der Waals surface area contributed by atoms with Crippen molar-refractivity contribution in [2.24, 2.45) is 5.10 Å². The molecule has 0 spiro atoms. The highest BCUT2D eigenvalue weighted by atomic mass is 79.9. The number of hydrogen-bond acceptors (Lipinski definition) is 5. The smallest absolute Gasteiger partial charge is 0.277 e. The van der Waals surface area contributed by atoms with E-state index in [1.54, 1.807) is 37.3 Å². The van der Waals surface area contributed by atoms with E-state index < -0.39 is 5.91 Å². The van der Waals surface area contributed by atoms with Crippen molar-refractivity contribution in [2.45, 2.75) is 13.3 Å². The lowest BCUT2D eigenvalue weighted by Gasteiger charge is -2.10. The third-order valence-electron chi connectivity index (χ3n) is 3.48. The first-order valence-electron chi connectivity index (χ1n) is 8.31. The maximum absolute atomic E-state index is 12.2. The number of methoxy groups -OCH3 is 1. The van der Waals surface area contributed by atoms with Gasteiger partial charge in [0.05, 0.1) is 23.7 Å². The molecule has 0 aliphatic rings. The van der Waals surface area contributed by atoms with Crippen LogP contribution in [0, 0.1) is 0 Å². The number of anilines is 1. The summed E-state index contributed by atoms with van der Waals surface area (Å²) < 4.78 is 12.2. The molecule has 0 atom stereocenters. The average Bonchev–Trinajstić information content (AvgIpc) is 2.65. The molecule has 0 bridgehead atoms. The second kappa shape index (κ2) is 11.2. The first-order valence-corrected chi connectivity index (χ1v) is 10.3. The second-order valence-corrected chi connectivity index (χ2v) is 8.02. The Labute approximate surface area is 190 Å². The van der Waals surface area contributed by atoms with Crippen molar-refractivity contribution in [3.05, 3.63) is 50.4 Å². The minimum absolute atomic E-state index is 0.0188. The largest absolute Gasteiger partial charge is 0.495 e. The molecule has 0 aliphatic heterocycles. The number of rotatable bonds is 8. The summed E-state index contributed by atoms with van der Waals surface area (Å²) in [7, 11) is 1.50. The van der Waals surface area contributed by atoms with E-state index in [1.165, 1.54) is 7.11 Å². The fraction of sp³-hybridized carbons (Fsp3) is 0.211. The van der Waals surface area contributed by atoms with Crippen LogP contribution in [0.5, 0.6) is 11.5 Å². The highest BCUT2D eigenvalue weighted by Gasteiger charge is 2.10. The number of amides is 2. The van der Waals surface area contributed by atoms with Crippen LogP contribution in [0.4, 0.5) is 5.69 Å². The van der Waals surface area contributed by atoms with Crippen LogP contribution in [-0.2, 0) is 9.59 Å². The first-order chi connectivity index (χ1) is 13.8. The van der Waals surface area contributed by atoms with Crippen molar-refractivity contribution in [2.75, 3.05) is 19.0 Å². The van der Waals surface area contributed by atoms with Crippen molar-refractivity contribution in [3.8, 4) is 11.5 Å². The fourth-order valence-electron chi connectivity index (χ4n) is 2.17. The number of nitrogens with zero attached hydrogens (tertiary/aromatic N) is 1. The van der Waals surface area contributed by atoms with Gasteiger partial charge in [-0.1, -0.05) is 27.5 Å². The van der Waals surface area contributed by atoms with Crippen LogP contribution < -0.4 is 20.2 Å². The monoisotopic (exact) mass is 545 g/mol. The zero-order chi connectivity index (χ0) is 21.4. The van der Waals surface area contributed by atoms with Gasteiger partial charge in [-0.2, -0.15) is 5.10 Å². The maximum Gasteiger partial charge on any atom is 0.277 e. The molecule has 0 fully saturated rings. The highest BCUT2D eigenvalue weighted by molar-refractivity contribution is 9.11. The second-order valence-electron chi connectivity index (χ2n) is 5.82. The zero-order valence-corrected chi connectivity index (χ0v) is 19.5. The minimum atomic E-state index is -0.448. The van der Waals surface area contributed by atoms with Gasteiger partial charge in [-0.25, -0.2) is 5.43 Å². The normalized spacial score (nSPS) is 11.0. The Kier molecular flexibility index (Phi) is 8.94. The Morgan fingerprint density at radius 3 is 2.52 bits per heavy atom. The van der Waals surface area contributed by atoms with Gasteiger partial charge in [-0.15, -0.1) is 0 Å². The van der Waals surface area contributed by atoms with Crippen LogP contribution in [0.3, 0.4) is 0 Å². The summed E-state index contributed by atoms with van der Waals surface area (Å²) in [4.78, 5) is 24.1. The average molecular weight is 548 g/mol. The Balaban J connectivity index is 1.83. The molecule has 10 heteroatoms. The van der Waals surface area contributed by atoms with Gasteiger partial charge >= 0.3 is 0 Å². The van der Waals surface area contributed by atoms with Gasteiger partial charge in [0.2, 0.25) is 5.91 Å². The summed E-state index contributed by atoms with van der Waals surface area (Å²) in [6.07, 6.45) is -0.0188. The van der Waals surface area contributed by atoms with E-state index in [-0.39, 0.29) is 18.9 Å². The van der Waals surface area contributed by atoms with Crippen molar-refractivity contribution in [3.63, 3.8) is 0 Å². The molecule has 154 valence electrons. The predicted molar refractivity (Wildman–Crippen MR) is 120 cm³/mol. The van der Waals surface area contributed by atoms with Gasteiger partial charge in [0, 0.05) is 15.2 Å². The lowest BCUT2D eigenvalue weighted by Crippen LogP contribution is -2.26. The number of halogens is 3. The van der Waals surface area contributed by atoms with Crippen LogP contribution in [-0.4, -0.2) is 31.2 Å². The number of nitrogens with one attached hydrogen (secondary N) is 2. The molecule has 0 saturated heterocycles. The van der Waals surface area contributed by atoms with E-state index in [1.807, 2.05) is 6.07 Å². The van der Waals surface area contributed by atoms with Gasteiger partial charge in [0.15, 0.2) is 6.61 Å². The molecule has 0 radical (unpaired) electrons. The van der Waals surface area contributed by atoms with Gasteiger partial charge in [0.1, 0.15) is 11.5 Å². The van der Waals surface area contributed by atoms with Crippen LogP contribution in [0.1, 0.15) is 13.3 Å². The molecular formula is C19H18Br2ClN3O4. The number of hydrazone groups is 1. The molecule has 0 unspecified atom stereocenters. The van der Waals surface area contributed by atoms with E-state index in [2.05, 4.69) is 47.7 Å². The molecule has 0 aliphatic carbocycles. The zero-order valence-electron chi connectivity index (χ0n) is 15.6. The Morgan fingerprint density at radius 2 is 1.83 bits per heavy atom. The number of carbonyl (C=O) groups is 2. The third kappa shape index (κ3) is 7.68. The molecule has 2 aromatic carbocycles. The van der Waals surface area contributed by atoms with Crippen LogP contribution in [0.25, 0.3) is 0 Å². The van der Waals surface area contributed by atoms with Crippen molar-refractivity contribution < 1.29 is 19.1 Å². The topological polar surface area (TPSA) is 89.0 Å². The first kappa shape index (κ1) is 23.2. The number of carbonyl (C=O) groups excluding carboxylic acids is 2. The highest BCUT2D eigenvalue weighted by Crippen LogP contribution is 2.28. The summed E-state index contributed by atoms with van der Waals surface area (Å²) in [5.41, 5.74) is 3.23. The number of benzene rings is 2. The summed E-state index contributed by atoms with van der Waals surface area (Å²) in [5.74, 6) is 0.244. The maximum atomic E-state index is 12.2. The quantitative estimate of drug-likeness (QED) is 0.368. The molecule has 0 aromatic heterocycles. The van der Waals surface area contributed by atoms with E-state index in [9.17, 15) is 9.59 Å². The van der Waals surface area contributed by atoms with Crippen molar-refractivity contribution in [1.82, 2.24) is 5.43 Å². The minimum Gasteiger partial charge on any atom is -0.495 e. The number of ether oxygens (including phenoxy) is 2. The Bertz CT molecular complexity index is 938. The summed E-state index contributed by atoms with van der Waals surface area (Å²) in [6.45, 7) is 1.41.